The molecule has 0 aliphatic carbocycles. The molecule has 3 aromatic rings. The van der Waals surface area contributed by atoms with Crippen molar-refractivity contribution in [3.63, 3.8) is 0 Å². The second-order valence-electron chi connectivity index (χ2n) is 6.80. The van der Waals surface area contributed by atoms with Crippen LogP contribution >= 0.6 is 0 Å². The van der Waals surface area contributed by atoms with Crippen LogP contribution in [0.4, 0.5) is 30.6 Å². The Hall–Kier alpha value is -3.03. The summed E-state index contributed by atoms with van der Waals surface area (Å²) in [6, 6.07) is 9.43. The van der Waals surface area contributed by atoms with Gasteiger partial charge in [-0.1, -0.05) is 12.1 Å². The van der Waals surface area contributed by atoms with Gasteiger partial charge < -0.3 is 16.0 Å². The number of halogens is 3. The van der Waals surface area contributed by atoms with Gasteiger partial charge in [-0.05, 0) is 42.7 Å². The average Bonchev–Trinajstić information content (AvgIpc) is 3.20. The highest BCUT2D eigenvalue weighted by Gasteiger charge is 2.35. The first-order valence-corrected chi connectivity index (χ1v) is 9.09. The molecule has 0 atom stereocenters. The zero-order valence-corrected chi connectivity index (χ0v) is 15.3. The number of fused-ring (bicyclic) bond motifs is 1. The number of benzene rings is 2. The molecule has 0 unspecified atom stereocenters. The Bertz CT molecular complexity index is 1030. The Balaban J connectivity index is 1.97. The molecular formula is C20H20F3N5. The predicted molar refractivity (Wildman–Crippen MR) is 105 cm³/mol. The van der Waals surface area contributed by atoms with Gasteiger partial charge in [0.05, 0.1) is 11.1 Å². The molecule has 1 aliphatic rings. The zero-order valence-electron chi connectivity index (χ0n) is 15.3. The lowest BCUT2D eigenvalue weighted by atomic mass is 9.95. The molecule has 1 aliphatic heterocycles. The monoisotopic (exact) mass is 387 g/mol. The van der Waals surface area contributed by atoms with E-state index in [0.29, 0.717) is 28.0 Å². The molecule has 0 bridgehead atoms. The predicted octanol–water partition coefficient (Wildman–Crippen LogP) is 4.54. The molecule has 0 saturated carbocycles. The number of hydrogen-bond acceptors (Lipinski definition) is 5. The summed E-state index contributed by atoms with van der Waals surface area (Å²) in [5.74, 6) is 0.607. The van der Waals surface area contributed by atoms with Crippen LogP contribution in [0.5, 0.6) is 0 Å². The zero-order chi connectivity index (χ0) is 19.9. The van der Waals surface area contributed by atoms with Gasteiger partial charge in [-0.25, -0.2) is 4.98 Å². The first-order chi connectivity index (χ1) is 13.4. The minimum absolute atomic E-state index is 0.0675. The summed E-state index contributed by atoms with van der Waals surface area (Å²) in [6.07, 6.45) is -2.51. The summed E-state index contributed by atoms with van der Waals surface area (Å²) in [6.45, 7) is 1.50. The maximum Gasteiger partial charge on any atom is 0.417 e. The molecule has 0 radical (unpaired) electrons. The highest BCUT2D eigenvalue weighted by molar-refractivity contribution is 5.95. The van der Waals surface area contributed by atoms with E-state index in [9.17, 15) is 13.2 Å². The molecule has 1 aromatic heterocycles. The van der Waals surface area contributed by atoms with Crippen LogP contribution in [0.1, 0.15) is 18.4 Å². The van der Waals surface area contributed by atoms with E-state index in [0.717, 1.165) is 32.0 Å². The maximum atomic E-state index is 13.8. The number of hydrogen-bond donors (Lipinski definition) is 2. The van der Waals surface area contributed by atoms with Gasteiger partial charge in [0.1, 0.15) is 5.82 Å². The highest BCUT2D eigenvalue weighted by Crippen LogP contribution is 2.43. The second kappa shape index (κ2) is 6.85. The Kier molecular flexibility index (Phi) is 4.49. The Morgan fingerprint density at radius 3 is 2.50 bits per heavy atom. The maximum absolute atomic E-state index is 13.8. The van der Waals surface area contributed by atoms with Crippen LogP contribution in [0.15, 0.2) is 36.4 Å². The third kappa shape index (κ3) is 3.19. The van der Waals surface area contributed by atoms with Crippen LogP contribution in [0, 0.1) is 0 Å². The fraction of sp³-hybridized carbons (Fsp3) is 0.300. The number of rotatable bonds is 3. The fourth-order valence-electron chi connectivity index (χ4n) is 3.79. The van der Waals surface area contributed by atoms with Crippen molar-refractivity contribution < 1.29 is 13.2 Å². The summed E-state index contributed by atoms with van der Waals surface area (Å²) in [5, 5.41) is 3.64. The van der Waals surface area contributed by atoms with Crippen molar-refractivity contribution in [2.45, 2.75) is 19.0 Å². The summed E-state index contributed by atoms with van der Waals surface area (Å²) >= 11 is 0. The van der Waals surface area contributed by atoms with Crippen molar-refractivity contribution in [1.82, 2.24) is 9.97 Å². The van der Waals surface area contributed by atoms with Gasteiger partial charge in [0.2, 0.25) is 5.95 Å². The molecule has 8 heteroatoms. The topological polar surface area (TPSA) is 67.1 Å². The highest BCUT2D eigenvalue weighted by atomic mass is 19.4. The van der Waals surface area contributed by atoms with Gasteiger partial charge in [0.25, 0.3) is 0 Å². The number of nitrogen functional groups attached to an aromatic ring is 1. The minimum Gasteiger partial charge on any atom is -0.372 e. The van der Waals surface area contributed by atoms with E-state index in [1.54, 1.807) is 31.3 Å². The summed E-state index contributed by atoms with van der Waals surface area (Å²) in [7, 11) is 1.71. The SMILES string of the molecule is CNc1nc(N)nc2cc(-c3c(N4CCCC4)cccc3C(F)(F)F)ccc12. The number of nitrogens with one attached hydrogen (secondary N) is 1. The van der Waals surface area contributed by atoms with E-state index in [2.05, 4.69) is 15.3 Å². The number of anilines is 3. The molecule has 1 saturated heterocycles. The summed E-state index contributed by atoms with van der Waals surface area (Å²) < 4.78 is 41.5. The van der Waals surface area contributed by atoms with Crippen LogP contribution in [0.2, 0.25) is 0 Å². The number of aromatic nitrogens is 2. The van der Waals surface area contributed by atoms with E-state index in [1.807, 2.05) is 4.90 Å². The van der Waals surface area contributed by atoms with Crippen molar-refractivity contribution in [2.75, 3.05) is 36.1 Å². The smallest absolute Gasteiger partial charge is 0.372 e. The first kappa shape index (κ1) is 18.3. The van der Waals surface area contributed by atoms with E-state index < -0.39 is 11.7 Å². The van der Waals surface area contributed by atoms with Gasteiger partial charge in [0.15, 0.2) is 0 Å². The average molecular weight is 387 g/mol. The second-order valence-corrected chi connectivity index (χ2v) is 6.80. The van der Waals surface area contributed by atoms with E-state index in [-0.39, 0.29) is 11.5 Å². The lowest BCUT2D eigenvalue weighted by Crippen LogP contribution is -2.20. The van der Waals surface area contributed by atoms with Gasteiger partial charge in [-0.15, -0.1) is 0 Å². The van der Waals surface area contributed by atoms with Crippen molar-refractivity contribution in [1.29, 1.82) is 0 Å². The third-order valence-corrected chi connectivity index (χ3v) is 5.03. The lowest BCUT2D eigenvalue weighted by molar-refractivity contribution is -0.137. The number of nitrogens with two attached hydrogens (primary N) is 1. The van der Waals surface area contributed by atoms with Crippen LogP contribution in [0.25, 0.3) is 22.0 Å². The molecule has 4 rings (SSSR count). The van der Waals surface area contributed by atoms with Crippen molar-refractivity contribution >= 4 is 28.4 Å². The minimum atomic E-state index is -4.46. The molecule has 2 aromatic carbocycles. The molecule has 146 valence electrons. The van der Waals surface area contributed by atoms with Gasteiger partial charge >= 0.3 is 6.18 Å². The molecule has 1 fully saturated rings. The van der Waals surface area contributed by atoms with Crippen molar-refractivity contribution in [3.8, 4) is 11.1 Å². The summed E-state index contributed by atoms with van der Waals surface area (Å²) in [4.78, 5) is 10.4. The van der Waals surface area contributed by atoms with Crippen molar-refractivity contribution in [3.05, 3.63) is 42.0 Å². The molecular weight excluding hydrogens is 367 g/mol. The normalized spacial score (nSPS) is 14.6. The van der Waals surface area contributed by atoms with E-state index in [1.165, 1.54) is 6.07 Å². The molecule has 3 N–H and O–H groups in total. The Labute approximate surface area is 160 Å². The Morgan fingerprint density at radius 1 is 1.07 bits per heavy atom. The first-order valence-electron chi connectivity index (χ1n) is 9.09. The van der Waals surface area contributed by atoms with Gasteiger partial charge in [-0.3, -0.25) is 0 Å². The van der Waals surface area contributed by atoms with Crippen LogP contribution in [0.3, 0.4) is 0 Å². The molecule has 5 nitrogen and oxygen atoms in total. The van der Waals surface area contributed by atoms with Crippen LogP contribution in [-0.2, 0) is 6.18 Å². The number of alkyl halides is 3. The van der Waals surface area contributed by atoms with Crippen LogP contribution in [-0.4, -0.2) is 30.1 Å². The largest absolute Gasteiger partial charge is 0.417 e. The molecule has 0 spiro atoms. The standard InChI is InChI=1S/C20H20F3N5/c1-25-18-13-8-7-12(11-15(13)26-19(24)27-18)17-14(20(21,22)23)5-4-6-16(17)28-9-2-3-10-28/h4-8,11H,2-3,9-10H2,1H3,(H3,24,25,26,27). The van der Waals surface area contributed by atoms with Crippen LogP contribution < -0.4 is 16.0 Å². The molecule has 28 heavy (non-hydrogen) atoms. The Morgan fingerprint density at radius 2 is 1.82 bits per heavy atom. The van der Waals surface area contributed by atoms with Gasteiger partial charge in [0, 0.05) is 36.8 Å². The third-order valence-electron chi connectivity index (χ3n) is 5.03. The van der Waals surface area contributed by atoms with E-state index >= 15 is 0 Å². The lowest BCUT2D eigenvalue weighted by Gasteiger charge is -2.25. The summed E-state index contributed by atoms with van der Waals surface area (Å²) in [5.41, 5.74) is 6.86. The fourth-order valence-corrected chi connectivity index (χ4v) is 3.79. The van der Waals surface area contributed by atoms with Crippen molar-refractivity contribution in [2.24, 2.45) is 0 Å². The molecule has 0 amide bonds. The number of nitrogens with zero attached hydrogens (tertiary/aromatic N) is 3. The quantitative estimate of drug-likeness (QED) is 0.691. The molecule has 2 heterocycles. The van der Waals surface area contributed by atoms with E-state index in [4.69, 9.17) is 5.73 Å². The van der Waals surface area contributed by atoms with Gasteiger partial charge in [-0.2, -0.15) is 18.2 Å².